The molecule has 0 saturated carbocycles. The van der Waals surface area contributed by atoms with Gasteiger partial charge in [0.2, 0.25) is 0 Å². The Balaban J connectivity index is 1.38. The molecule has 6 nitrogen and oxygen atoms in total. The monoisotopic (exact) mass is 473 g/mol. The van der Waals surface area contributed by atoms with Crippen LogP contribution in [0.4, 0.5) is 13.2 Å². The van der Waals surface area contributed by atoms with Gasteiger partial charge in [-0.2, -0.15) is 13.2 Å². The van der Waals surface area contributed by atoms with Gasteiger partial charge in [-0.05, 0) is 42.9 Å². The second-order valence-electron chi connectivity index (χ2n) is 9.37. The van der Waals surface area contributed by atoms with Crippen molar-refractivity contribution in [2.24, 2.45) is 5.41 Å². The maximum Gasteiger partial charge on any atom is 0.417 e. The Hall–Kier alpha value is -2.91. The standard InChI is InChI=1S/C25H26F3N3O3/c1-34-15-18-10-19(25(26,27)28)12-31-13-20(29-22(18)31)23(33)30-9-8-24(21(32)14-30)7-6-16-4-2-3-5-17(16)11-24/h2-5,10,12-13,21,32H,6-9,11,14-15H2,1H3/t21-,24-/m1/s1. The topological polar surface area (TPSA) is 67.1 Å². The second-order valence-corrected chi connectivity index (χ2v) is 9.37. The number of benzene rings is 1. The highest BCUT2D eigenvalue weighted by atomic mass is 19.4. The molecule has 34 heavy (non-hydrogen) atoms. The molecule has 0 bridgehead atoms. The maximum atomic E-state index is 13.3. The minimum Gasteiger partial charge on any atom is -0.391 e. The second kappa shape index (κ2) is 8.39. The number of imidazole rings is 1. The van der Waals surface area contributed by atoms with Crippen LogP contribution in [-0.4, -0.2) is 51.6 Å². The first-order valence-corrected chi connectivity index (χ1v) is 11.3. The number of aromatic nitrogens is 2. The fraction of sp³-hybridized carbons (Fsp3) is 0.440. The van der Waals surface area contributed by atoms with Gasteiger partial charge in [-0.1, -0.05) is 24.3 Å². The molecule has 0 radical (unpaired) electrons. The van der Waals surface area contributed by atoms with Crippen molar-refractivity contribution in [3.63, 3.8) is 0 Å². The van der Waals surface area contributed by atoms with Crippen molar-refractivity contribution in [2.45, 2.75) is 44.6 Å². The number of aliphatic hydroxyl groups excluding tert-OH is 1. The predicted octanol–water partition coefficient (Wildman–Crippen LogP) is 3.88. The molecule has 1 N–H and O–H groups in total. The number of likely N-dealkylation sites (tertiary alicyclic amines) is 1. The number of hydrogen-bond donors (Lipinski definition) is 1. The number of alkyl halides is 3. The number of carbonyl (C=O) groups is 1. The van der Waals surface area contributed by atoms with Gasteiger partial charge in [0.15, 0.2) is 0 Å². The molecule has 1 amide bonds. The summed E-state index contributed by atoms with van der Waals surface area (Å²) in [6.07, 6.45) is 0.235. The first-order valence-electron chi connectivity index (χ1n) is 11.3. The number of fused-ring (bicyclic) bond motifs is 2. The molecule has 0 unspecified atom stereocenters. The lowest BCUT2D eigenvalue weighted by Gasteiger charge is -2.48. The number of carbonyl (C=O) groups excluding carboxylic acids is 1. The molecular formula is C25H26F3N3O3. The summed E-state index contributed by atoms with van der Waals surface area (Å²) >= 11 is 0. The van der Waals surface area contributed by atoms with Gasteiger partial charge in [-0.3, -0.25) is 4.79 Å². The number of ether oxygens (including phenoxy) is 1. The van der Waals surface area contributed by atoms with Crippen LogP contribution < -0.4 is 0 Å². The number of amides is 1. The summed E-state index contributed by atoms with van der Waals surface area (Å²) < 4.78 is 46.2. The molecule has 3 aromatic rings. The van der Waals surface area contributed by atoms with Crippen LogP contribution >= 0.6 is 0 Å². The van der Waals surface area contributed by atoms with Gasteiger partial charge >= 0.3 is 6.18 Å². The van der Waals surface area contributed by atoms with Crippen LogP contribution in [-0.2, 0) is 30.4 Å². The van der Waals surface area contributed by atoms with Crippen molar-refractivity contribution in [1.29, 1.82) is 0 Å². The van der Waals surface area contributed by atoms with Crippen molar-refractivity contribution in [2.75, 3.05) is 20.2 Å². The number of aryl methyl sites for hydroxylation is 1. The molecule has 1 saturated heterocycles. The quantitative estimate of drug-likeness (QED) is 0.627. The minimum absolute atomic E-state index is 0.0498. The molecule has 2 aliphatic rings. The zero-order valence-corrected chi connectivity index (χ0v) is 18.8. The van der Waals surface area contributed by atoms with E-state index in [1.54, 1.807) is 4.90 Å². The number of pyridine rings is 1. The lowest BCUT2D eigenvalue weighted by atomic mass is 9.65. The van der Waals surface area contributed by atoms with Crippen molar-refractivity contribution in [3.8, 4) is 0 Å². The van der Waals surface area contributed by atoms with Crippen LogP contribution in [0.2, 0.25) is 0 Å². The zero-order valence-electron chi connectivity index (χ0n) is 18.8. The molecule has 3 heterocycles. The predicted molar refractivity (Wildman–Crippen MR) is 118 cm³/mol. The largest absolute Gasteiger partial charge is 0.417 e. The Kier molecular flexibility index (Phi) is 5.64. The number of aliphatic hydroxyl groups is 1. The number of halogens is 3. The Bertz CT molecular complexity index is 1240. The van der Waals surface area contributed by atoms with E-state index in [1.165, 1.54) is 28.8 Å². The normalized spacial score (nSPS) is 22.9. The molecular weight excluding hydrogens is 447 g/mol. The summed E-state index contributed by atoms with van der Waals surface area (Å²) in [6.45, 7) is 0.572. The third-order valence-electron chi connectivity index (χ3n) is 7.29. The van der Waals surface area contributed by atoms with Crippen LogP contribution in [0, 0.1) is 5.41 Å². The van der Waals surface area contributed by atoms with E-state index in [0.717, 1.165) is 31.5 Å². The zero-order chi connectivity index (χ0) is 24.1. The van der Waals surface area contributed by atoms with E-state index in [4.69, 9.17) is 4.74 Å². The number of β-amino-alcohol motifs (C(OH)–C–C–N with tert-alkyl or cyclic N) is 1. The van der Waals surface area contributed by atoms with Crippen molar-refractivity contribution in [1.82, 2.24) is 14.3 Å². The Morgan fingerprint density at radius 3 is 2.71 bits per heavy atom. The summed E-state index contributed by atoms with van der Waals surface area (Å²) in [5.74, 6) is -0.397. The SMILES string of the molecule is COCc1cc(C(F)(F)F)cn2cc(C(=O)N3CC[C@@]4(CCc5ccccc5C4)[C@H](O)C3)nc12. The van der Waals surface area contributed by atoms with Gasteiger partial charge in [0.1, 0.15) is 11.3 Å². The van der Waals surface area contributed by atoms with Gasteiger partial charge in [0.25, 0.3) is 5.91 Å². The highest BCUT2D eigenvalue weighted by Crippen LogP contribution is 2.44. The summed E-state index contributed by atoms with van der Waals surface area (Å²) in [7, 11) is 1.39. The molecule has 1 fully saturated rings. The van der Waals surface area contributed by atoms with E-state index in [1.807, 2.05) is 12.1 Å². The van der Waals surface area contributed by atoms with Crippen molar-refractivity contribution >= 4 is 11.6 Å². The smallest absolute Gasteiger partial charge is 0.391 e. The van der Waals surface area contributed by atoms with E-state index in [-0.39, 0.29) is 35.5 Å². The number of nitrogens with zero attached hydrogens (tertiary/aromatic N) is 3. The van der Waals surface area contributed by atoms with Crippen LogP contribution in [0.1, 0.15) is 45.6 Å². The Morgan fingerprint density at radius 2 is 2.00 bits per heavy atom. The van der Waals surface area contributed by atoms with Crippen molar-refractivity contribution < 1.29 is 27.8 Å². The fourth-order valence-corrected chi connectivity index (χ4v) is 5.38. The van der Waals surface area contributed by atoms with Gasteiger partial charge < -0.3 is 19.1 Å². The Morgan fingerprint density at radius 1 is 1.24 bits per heavy atom. The van der Waals surface area contributed by atoms with Crippen molar-refractivity contribution in [3.05, 3.63) is 70.7 Å². The van der Waals surface area contributed by atoms with Gasteiger partial charge in [-0.25, -0.2) is 4.98 Å². The number of methoxy groups -OCH3 is 1. The third-order valence-corrected chi connectivity index (χ3v) is 7.29. The van der Waals surface area contributed by atoms with Gasteiger partial charge in [0, 0.05) is 43.6 Å². The molecule has 1 aromatic carbocycles. The molecule has 2 aromatic heterocycles. The van der Waals surface area contributed by atoms with E-state index in [9.17, 15) is 23.1 Å². The first-order chi connectivity index (χ1) is 16.2. The first kappa shape index (κ1) is 22.9. The maximum absolute atomic E-state index is 13.3. The highest BCUT2D eigenvalue weighted by molar-refractivity contribution is 5.93. The molecule has 1 spiro atoms. The third kappa shape index (κ3) is 3.96. The summed E-state index contributed by atoms with van der Waals surface area (Å²) in [4.78, 5) is 19.1. The summed E-state index contributed by atoms with van der Waals surface area (Å²) in [6, 6.07) is 9.26. The summed E-state index contributed by atoms with van der Waals surface area (Å²) in [5.41, 5.74) is 2.00. The van der Waals surface area contributed by atoms with Crippen LogP contribution in [0.3, 0.4) is 0 Å². The molecule has 5 rings (SSSR count). The van der Waals surface area contributed by atoms with E-state index in [0.29, 0.717) is 13.0 Å². The van der Waals surface area contributed by atoms with E-state index in [2.05, 4.69) is 17.1 Å². The Labute approximate surface area is 195 Å². The van der Waals surface area contributed by atoms with Crippen LogP contribution in [0.5, 0.6) is 0 Å². The molecule has 1 aliphatic carbocycles. The van der Waals surface area contributed by atoms with Gasteiger partial charge in [-0.15, -0.1) is 0 Å². The lowest BCUT2D eigenvalue weighted by Crippen LogP contribution is -2.54. The molecule has 2 atom stereocenters. The fourth-order valence-electron chi connectivity index (χ4n) is 5.38. The molecule has 1 aliphatic heterocycles. The molecule has 180 valence electrons. The average molecular weight is 473 g/mol. The lowest BCUT2D eigenvalue weighted by molar-refractivity contribution is -0.138. The average Bonchev–Trinajstić information content (AvgIpc) is 3.25. The van der Waals surface area contributed by atoms with E-state index < -0.39 is 23.8 Å². The number of piperidine rings is 1. The number of hydrogen-bond acceptors (Lipinski definition) is 4. The molecule has 9 heteroatoms. The van der Waals surface area contributed by atoms with Crippen LogP contribution in [0.25, 0.3) is 5.65 Å². The number of rotatable bonds is 3. The van der Waals surface area contributed by atoms with Gasteiger partial charge in [0.05, 0.1) is 18.3 Å². The van der Waals surface area contributed by atoms with Crippen LogP contribution in [0.15, 0.2) is 42.7 Å². The summed E-state index contributed by atoms with van der Waals surface area (Å²) in [5, 5.41) is 11.1. The highest BCUT2D eigenvalue weighted by Gasteiger charge is 2.45. The minimum atomic E-state index is -4.53. The van der Waals surface area contributed by atoms with E-state index >= 15 is 0 Å².